The number of halogens is 1. The van der Waals surface area contributed by atoms with E-state index in [2.05, 4.69) is 10.3 Å². The number of anilines is 1. The van der Waals surface area contributed by atoms with Crippen LogP contribution < -0.4 is 5.32 Å². The number of aryl methyl sites for hydroxylation is 1. The molecule has 0 bridgehead atoms. The summed E-state index contributed by atoms with van der Waals surface area (Å²) in [7, 11) is 0. The molecule has 0 aliphatic carbocycles. The zero-order valence-corrected chi connectivity index (χ0v) is 14.4. The molecule has 5 heteroatoms. The number of nitrogens with one attached hydrogen (secondary N) is 1. The van der Waals surface area contributed by atoms with Gasteiger partial charge in [-0.1, -0.05) is 44.5 Å². The second kappa shape index (κ2) is 6.50. The maximum absolute atomic E-state index is 12.8. The fourth-order valence-corrected chi connectivity index (χ4v) is 2.17. The third-order valence-electron chi connectivity index (χ3n) is 3.33. The second-order valence-electron chi connectivity index (χ2n) is 6.38. The molecule has 1 heterocycles. The topological polar surface area (TPSA) is 59.1 Å². The average Bonchev–Trinajstić information content (AvgIpc) is 2.46. The monoisotopic (exact) mass is 330 g/mol. The predicted octanol–water partition coefficient (Wildman–Crippen LogP) is 4.26. The lowest BCUT2D eigenvalue weighted by atomic mass is 9.95. The van der Waals surface area contributed by atoms with Gasteiger partial charge in [-0.3, -0.25) is 14.6 Å². The molecule has 0 unspecified atom stereocenters. The van der Waals surface area contributed by atoms with Crippen LogP contribution in [0.2, 0.25) is 5.02 Å². The largest absolute Gasteiger partial charge is 0.325 e. The highest BCUT2D eigenvalue weighted by Gasteiger charge is 2.24. The standard InChI is InChI=1S/C18H19ClN2O2/c1-11-9-15(21-17(23)18(2,3)4)13(10-20-11)16(22)12-7-5-6-8-14(12)19/h5-10H,1-4H3,(H,20,21,23). The zero-order chi connectivity index (χ0) is 17.2. The first-order valence-corrected chi connectivity index (χ1v) is 7.65. The van der Waals surface area contributed by atoms with Gasteiger partial charge < -0.3 is 5.32 Å². The molecule has 1 aromatic heterocycles. The average molecular weight is 331 g/mol. The van der Waals surface area contributed by atoms with Gasteiger partial charge in [0.2, 0.25) is 5.91 Å². The van der Waals surface area contributed by atoms with Gasteiger partial charge in [-0.05, 0) is 25.1 Å². The quantitative estimate of drug-likeness (QED) is 0.855. The van der Waals surface area contributed by atoms with Crippen LogP contribution in [0.15, 0.2) is 36.5 Å². The molecule has 4 nitrogen and oxygen atoms in total. The Balaban J connectivity index is 2.45. The van der Waals surface area contributed by atoms with Gasteiger partial charge in [0, 0.05) is 22.9 Å². The van der Waals surface area contributed by atoms with E-state index in [0.29, 0.717) is 27.5 Å². The number of ketones is 1. The summed E-state index contributed by atoms with van der Waals surface area (Å²) in [4.78, 5) is 29.2. The smallest absolute Gasteiger partial charge is 0.229 e. The predicted molar refractivity (Wildman–Crippen MR) is 91.9 cm³/mol. The van der Waals surface area contributed by atoms with Crippen molar-refractivity contribution in [2.24, 2.45) is 5.41 Å². The van der Waals surface area contributed by atoms with Crippen molar-refractivity contribution in [1.29, 1.82) is 0 Å². The van der Waals surface area contributed by atoms with Gasteiger partial charge in [0.05, 0.1) is 16.3 Å². The molecule has 0 spiro atoms. The van der Waals surface area contributed by atoms with E-state index in [0.717, 1.165) is 0 Å². The fourth-order valence-electron chi connectivity index (χ4n) is 1.94. The number of pyridine rings is 1. The van der Waals surface area contributed by atoms with Crippen LogP contribution in [-0.4, -0.2) is 16.7 Å². The summed E-state index contributed by atoms with van der Waals surface area (Å²) in [5.74, 6) is -0.441. The van der Waals surface area contributed by atoms with Crippen molar-refractivity contribution >= 4 is 29.0 Å². The van der Waals surface area contributed by atoms with Gasteiger partial charge in [0.1, 0.15) is 0 Å². The lowest BCUT2D eigenvalue weighted by molar-refractivity contribution is -0.123. The third-order valence-corrected chi connectivity index (χ3v) is 3.66. The second-order valence-corrected chi connectivity index (χ2v) is 6.79. The summed E-state index contributed by atoms with van der Waals surface area (Å²) in [6, 6.07) is 8.50. The highest BCUT2D eigenvalue weighted by molar-refractivity contribution is 6.35. The van der Waals surface area contributed by atoms with Gasteiger partial charge in [-0.2, -0.15) is 0 Å². The zero-order valence-electron chi connectivity index (χ0n) is 13.6. The van der Waals surface area contributed by atoms with E-state index in [1.165, 1.54) is 6.20 Å². The van der Waals surface area contributed by atoms with Gasteiger partial charge in [-0.15, -0.1) is 0 Å². The number of nitrogens with zero attached hydrogens (tertiary/aromatic N) is 1. The first-order valence-electron chi connectivity index (χ1n) is 7.27. The van der Waals surface area contributed by atoms with Crippen molar-refractivity contribution in [3.05, 3.63) is 58.4 Å². The van der Waals surface area contributed by atoms with Crippen molar-refractivity contribution in [3.8, 4) is 0 Å². The van der Waals surface area contributed by atoms with Crippen LogP contribution in [0, 0.1) is 12.3 Å². The summed E-state index contributed by atoms with van der Waals surface area (Å²) >= 11 is 6.10. The Morgan fingerprint density at radius 3 is 2.39 bits per heavy atom. The van der Waals surface area contributed by atoms with E-state index in [1.807, 2.05) is 20.8 Å². The molecule has 1 N–H and O–H groups in total. The highest BCUT2D eigenvalue weighted by Crippen LogP contribution is 2.25. The van der Waals surface area contributed by atoms with Crippen LogP contribution in [0.3, 0.4) is 0 Å². The molecular formula is C18H19ClN2O2. The molecule has 0 aliphatic rings. The minimum absolute atomic E-state index is 0.170. The molecule has 23 heavy (non-hydrogen) atoms. The summed E-state index contributed by atoms with van der Waals surface area (Å²) in [5, 5.41) is 3.19. The third kappa shape index (κ3) is 3.96. The minimum atomic E-state index is -0.568. The lowest BCUT2D eigenvalue weighted by Gasteiger charge is -2.19. The van der Waals surface area contributed by atoms with Crippen LogP contribution in [0.25, 0.3) is 0 Å². The summed E-state index contributed by atoms with van der Waals surface area (Å²) in [6.45, 7) is 7.24. The maximum atomic E-state index is 12.8. The normalized spacial score (nSPS) is 11.2. The molecular weight excluding hydrogens is 312 g/mol. The Labute approximate surface area is 140 Å². The van der Waals surface area contributed by atoms with Crippen LogP contribution in [0.5, 0.6) is 0 Å². The molecule has 0 atom stereocenters. The lowest BCUT2D eigenvalue weighted by Crippen LogP contribution is -2.28. The van der Waals surface area contributed by atoms with E-state index < -0.39 is 5.41 Å². The number of hydrogen-bond acceptors (Lipinski definition) is 3. The van der Waals surface area contributed by atoms with Gasteiger partial charge >= 0.3 is 0 Å². The van der Waals surface area contributed by atoms with E-state index in [4.69, 9.17) is 11.6 Å². The molecule has 0 saturated carbocycles. The highest BCUT2D eigenvalue weighted by atomic mass is 35.5. The summed E-state index contributed by atoms with van der Waals surface area (Å²) in [6.07, 6.45) is 1.47. The van der Waals surface area contributed by atoms with Crippen LogP contribution in [0.4, 0.5) is 5.69 Å². The Hall–Kier alpha value is -2.20. The van der Waals surface area contributed by atoms with E-state index in [9.17, 15) is 9.59 Å². The number of amides is 1. The first kappa shape index (κ1) is 17.2. The molecule has 0 saturated heterocycles. The molecule has 1 aromatic carbocycles. The van der Waals surface area contributed by atoms with E-state index >= 15 is 0 Å². The summed E-state index contributed by atoms with van der Waals surface area (Å²) < 4.78 is 0. The number of carbonyl (C=O) groups is 2. The number of hydrogen-bond donors (Lipinski definition) is 1. The molecule has 120 valence electrons. The fraction of sp³-hybridized carbons (Fsp3) is 0.278. The molecule has 2 rings (SSSR count). The molecule has 0 fully saturated rings. The minimum Gasteiger partial charge on any atom is -0.325 e. The van der Waals surface area contributed by atoms with Crippen LogP contribution >= 0.6 is 11.6 Å². The van der Waals surface area contributed by atoms with Crippen LogP contribution in [-0.2, 0) is 4.79 Å². The van der Waals surface area contributed by atoms with E-state index in [1.54, 1.807) is 37.3 Å². The Morgan fingerprint density at radius 2 is 1.78 bits per heavy atom. The van der Waals surface area contributed by atoms with Crippen LogP contribution in [0.1, 0.15) is 42.4 Å². The maximum Gasteiger partial charge on any atom is 0.229 e. The van der Waals surface area contributed by atoms with Gasteiger partial charge in [-0.25, -0.2) is 0 Å². The molecule has 0 aliphatic heterocycles. The summed E-state index contributed by atoms with van der Waals surface area (Å²) in [5.41, 5.74) is 1.29. The Bertz CT molecular complexity index is 764. The SMILES string of the molecule is Cc1cc(NC(=O)C(C)(C)C)c(C(=O)c2ccccc2Cl)cn1. The molecule has 0 radical (unpaired) electrons. The van der Waals surface area contributed by atoms with Crippen molar-refractivity contribution in [2.45, 2.75) is 27.7 Å². The van der Waals surface area contributed by atoms with Gasteiger partial charge in [0.25, 0.3) is 0 Å². The van der Waals surface area contributed by atoms with Gasteiger partial charge in [0.15, 0.2) is 5.78 Å². The first-order chi connectivity index (χ1) is 10.7. The Kier molecular flexibility index (Phi) is 4.85. The number of rotatable bonds is 3. The number of carbonyl (C=O) groups excluding carboxylic acids is 2. The Morgan fingerprint density at radius 1 is 1.13 bits per heavy atom. The van der Waals surface area contributed by atoms with Crippen molar-refractivity contribution in [3.63, 3.8) is 0 Å². The van der Waals surface area contributed by atoms with E-state index in [-0.39, 0.29) is 11.7 Å². The van der Waals surface area contributed by atoms with Crippen molar-refractivity contribution < 1.29 is 9.59 Å². The van der Waals surface area contributed by atoms with Crippen molar-refractivity contribution in [1.82, 2.24) is 4.98 Å². The number of benzene rings is 1. The van der Waals surface area contributed by atoms with Crippen molar-refractivity contribution in [2.75, 3.05) is 5.32 Å². The molecule has 1 amide bonds. The number of aromatic nitrogens is 1. The molecule has 2 aromatic rings.